The minimum Gasteiger partial charge on any atom is -0.504 e. The number of rotatable bonds is 4. The van der Waals surface area contributed by atoms with Gasteiger partial charge in [-0.05, 0) is 24.3 Å². The molecule has 10 atom stereocenters. The quantitative estimate of drug-likeness (QED) is 0.0512. The lowest BCUT2D eigenvalue weighted by Crippen LogP contribution is -2.62. The van der Waals surface area contributed by atoms with Crippen LogP contribution in [0.2, 0.25) is 0 Å². The summed E-state index contributed by atoms with van der Waals surface area (Å²) in [6.07, 6.45) is -26.2. The van der Waals surface area contributed by atoms with Gasteiger partial charge in [-0.15, -0.1) is 0 Å². The van der Waals surface area contributed by atoms with Crippen molar-refractivity contribution in [2.24, 2.45) is 0 Å². The molecule has 0 radical (unpaired) electrons. The maximum absolute atomic E-state index is 15.1. The Kier molecular flexibility index (Phi) is 16.9. The zero-order chi connectivity index (χ0) is 74.7. The van der Waals surface area contributed by atoms with E-state index >= 15 is 4.79 Å². The molecule has 6 aliphatic rings. The minimum atomic E-state index is -2.90. The Balaban J connectivity index is 1.12. The molecule has 0 amide bonds. The SMILES string of the molecule is O=CO[C@@H]1[C@H]2OC(=O)c3cc(O)c(O)c(O)c3Oc3cc4c(c(O)c3O)-c3c(cc(O)c(O)c3O)C(=O)O[C@H]3[C@H](OC(=O)c5cc(O)c(O)c(O)c5)[C@@H](OC(=O)c5cc(O)c(O)c(O)c5Oc5cc6c(c(O)c5O)-c5c(cc(O)c(O)c5O)C(=O)OC[C@@H](O[C@H]2O)[C@H]1OC6=O)[C@@H](O)O[C@@H]3COC4=O. The van der Waals surface area contributed by atoms with E-state index in [4.69, 9.17) is 56.8 Å². The fourth-order valence-electron chi connectivity index (χ4n) is 11.4. The Morgan fingerprint density at radius 1 is 0.359 bits per heavy atom. The highest BCUT2D eigenvalue weighted by Crippen LogP contribution is 2.59. The summed E-state index contributed by atoms with van der Waals surface area (Å²) in [4.78, 5) is 115. The van der Waals surface area contributed by atoms with Crippen molar-refractivity contribution in [2.45, 2.75) is 61.4 Å². The number of esters is 7. The number of hydrogen-bond acceptors (Lipinski definition) is 41. The highest BCUT2D eigenvalue weighted by molar-refractivity contribution is 6.10. The van der Waals surface area contributed by atoms with Crippen molar-refractivity contribution in [3.63, 3.8) is 0 Å². The van der Waals surface area contributed by atoms with Gasteiger partial charge in [0.05, 0.1) is 27.8 Å². The summed E-state index contributed by atoms with van der Waals surface area (Å²) in [5.74, 6) is -49.3. The van der Waals surface area contributed by atoms with E-state index in [0.29, 0.717) is 24.3 Å². The first-order chi connectivity index (χ1) is 48.6. The molecule has 103 heavy (non-hydrogen) atoms. The van der Waals surface area contributed by atoms with E-state index in [2.05, 4.69) is 0 Å². The van der Waals surface area contributed by atoms with Gasteiger partial charge in [0.1, 0.15) is 36.5 Å². The molecule has 6 heterocycles. The minimum absolute atomic E-state index is 0.180. The third-order valence-corrected chi connectivity index (χ3v) is 16.4. The van der Waals surface area contributed by atoms with Gasteiger partial charge in [0.15, 0.2) is 135 Å². The summed E-state index contributed by atoms with van der Waals surface area (Å²) in [6, 6.07) is 2.44. The Hall–Kier alpha value is -14.1. The number of aromatic hydroxyl groups is 19. The second-order valence-corrected chi connectivity index (χ2v) is 22.4. The van der Waals surface area contributed by atoms with E-state index < -0.39 is 316 Å². The van der Waals surface area contributed by atoms with Crippen molar-refractivity contribution in [1.29, 1.82) is 0 Å². The molecular weight excluding hydrogens is 1400 g/mol. The van der Waals surface area contributed by atoms with Gasteiger partial charge in [0.25, 0.3) is 6.47 Å². The van der Waals surface area contributed by atoms with Crippen LogP contribution in [0.1, 0.15) is 72.5 Å². The average molecular weight is 1440 g/mol. The van der Waals surface area contributed by atoms with E-state index in [1.807, 2.05) is 0 Å². The largest absolute Gasteiger partial charge is 0.504 e. The first-order valence-corrected chi connectivity index (χ1v) is 28.7. The van der Waals surface area contributed by atoms with Crippen molar-refractivity contribution in [3.8, 4) is 154 Å². The molecule has 0 aliphatic carbocycles. The molecule has 538 valence electrons. The highest BCUT2D eigenvalue weighted by Gasteiger charge is 2.56. The van der Waals surface area contributed by atoms with Crippen LogP contribution in [0, 0.1) is 0 Å². The lowest BCUT2D eigenvalue weighted by molar-refractivity contribution is -0.286. The van der Waals surface area contributed by atoms with Crippen molar-refractivity contribution >= 4 is 48.3 Å². The molecule has 13 rings (SSSR count). The second kappa shape index (κ2) is 25.3. The number of aliphatic hydroxyl groups is 2. The number of carbonyl (C=O) groups excluding carboxylic acids is 8. The summed E-state index contributed by atoms with van der Waals surface area (Å²) in [6.45, 7) is -3.23. The topological polar surface area (TPSA) is 672 Å². The van der Waals surface area contributed by atoms with Crippen LogP contribution in [-0.4, -0.2) is 230 Å². The van der Waals surface area contributed by atoms with Crippen LogP contribution >= 0.6 is 0 Å². The van der Waals surface area contributed by atoms with E-state index in [-0.39, 0.29) is 24.3 Å². The van der Waals surface area contributed by atoms with Crippen molar-refractivity contribution in [3.05, 3.63) is 87.5 Å². The molecule has 2 fully saturated rings. The predicted molar refractivity (Wildman–Crippen MR) is 314 cm³/mol. The molecule has 41 heteroatoms. The summed E-state index contributed by atoms with van der Waals surface area (Å²) in [5.41, 5.74) is -14.2. The monoisotopic (exact) mass is 1440 g/mol. The molecular formula is C62H44O41. The maximum Gasteiger partial charge on any atom is 0.342 e. The van der Waals surface area contributed by atoms with Gasteiger partial charge in [-0.25, -0.2) is 33.6 Å². The van der Waals surface area contributed by atoms with Crippen LogP contribution in [-0.2, 0) is 52.2 Å². The predicted octanol–water partition coefficient (Wildman–Crippen LogP) is 1.37. The Labute approximate surface area is 565 Å². The zero-order valence-electron chi connectivity index (χ0n) is 50.4. The Morgan fingerprint density at radius 3 is 1.08 bits per heavy atom. The number of phenolic OH excluding ortho intramolecular Hbond substituents is 19. The van der Waals surface area contributed by atoms with Crippen molar-refractivity contribution < 1.29 is 202 Å². The summed E-state index contributed by atoms with van der Waals surface area (Å²) in [5, 5.41) is 235. The van der Waals surface area contributed by atoms with E-state index in [9.17, 15) is 141 Å². The van der Waals surface area contributed by atoms with Gasteiger partial charge in [-0.2, -0.15) is 0 Å². The second-order valence-electron chi connectivity index (χ2n) is 22.4. The number of hydrogen-bond donors (Lipinski definition) is 21. The third-order valence-electron chi connectivity index (χ3n) is 16.4. The maximum atomic E-state index is 15.1. The molecule has 7 aromatic carbocycles. The number of carbonyl (C=O) groups is 8. The zero-order valence-corrected chi connectivity index (χ0v) is 50.4. The third kappa shape index (κ3) is 11.4. The van der Waals surface area contributed by atoms with E-state index in [0.717, 1.165) is 0 Å². The van der Waals surface area contributed by atoms with Crippen LogP contribution in [0.5, 0.6) is 132 Å². The standard InChI is InChI=1S/C62H44O41/c63-11-94-50-48-27-9-92-55(84)13-3-21(66)34(71)40(77)29(13)32-16(58(87)99-48)8-26(39(76)43(32)80)96-47-18(6-24(69)37(74)45(47)82)60(89)103-53-51(101-54(83)12-1-19(64)33(70)20(65)2-12)49-28(98-62(53)91)10-93-56(85)15-7-25(38(75)42(79)31(15)30-14(57(86)100-49)4-22(67)35(72)41(30)78)95-46-17(5-23(68)36(73)44(46)81)59(88)102-52(50)61(90)97-27/h1-8,11,27-28,48-53,61-62,64-82,90-91H,9-10H2/t27-,28-,48-,49-,50+,51+,52-,53-,61-,62+/m1/s1. The van der Waals surface area contributed by atoms with Gasteiger partial charge < -0.3 is 164 Å². The Morgan fingerprint density at radius 2 is 0.670 bits per heavy atom. The average Bonchev–Trinajstić information content (AvgIpc) is 1.70. The fourth-order valence-corrected chi connectivity index (χ4v) is 11.4. The lowest BCUT2D eigenvalue weighted by atomic mass is 9.91. The van der Waals surface area contributed by atoms with Gasteiger partial charge in [0.2, 0.25) is 46.0 Å². The number of ether oxygens (including phenoxy) is 12. The lowest BCUT2D eigenvalue weighted by Gasteiger charge is -2.42. The van der Waals surface area contributed by atoms with Crippen LogP contribution < -0.4 is 9.47 Å². The van der Waals surface area contributed by atoms with Crippen LogP contribution in [0.15, 0.2) is 48.5 Å². The fraction of sp³-hybridized carbons (Fsp3) is 0.194. The number of aliphatic hydroxyl groups excluding tert-OH is 2. The number of cyclic esters (lactones) is 1. The molecule has 41 nitrogen and oxygen atoms in total. The number of fused-ring (bicyclic) bond motifs is 7. The molecule has 0 unspecified atom stereocenters. The van der Waals surface area contributed by atoms with Gasteiger partial charge in [-0.3, -0.25) is 4.79 Å². The molecule has 6 aliphatic heterocycles. The van der Waals surface area contributed by atoms with E-state index in [1.54, 1.807) is 0 Å². The van der Waals surface area contributed by atoms with Crippen molar-refractivity contribution in [1.82, 2.24) is 0 Å². The molecule has 21 N–H and O–H groups in total. The highest BCUT2D eigenvalue weighted by atomic mass is 16.7. The molecule has 0 saturated carbocycles. The van der Waals surface area contributed by atoms with Gasteiger partial charge in [-0.1, -0.05) is 0 Å². The smallest absolute Gasteiger partial charge is 0.342 e. The van der Waals surface area contributed by atoms with Gasteiger partial charge >= 0.3 is 41.8 Å². The summed E-state index contributed by atoms with van der Waals surface area (Å²) < 4.78 is 66.5. The summed E-state index contributed by atoms with van der Waals surface area (Å²) in [7, 11) is 0. The number of benzene rings is 7. The van der Waals surface area contributed by atoms with Crippen LogP contribution in [0.25, 0.3) is 22.3 Å². The molecule has 0 aromatic heterocycles. The molecule has 2 saturated heterocycles. The Bertz CT molecular complexity index is 4860. The first kappa shape index (κ1) is 68.9. The van der Waals surface area contributed by atoms with Crippen LogP contribution in [0.4, 0.5) is 0 Å². The summed E-state index contributed by atoms with van der Waals surface area (Å²) >= 11 is 0. The van der Waals surface area contributed by atoms with Crippen molar-refractivity contribution in [2.75, 3.05) is 13.2 Å². The van der Waals surface area contributed by atoms with E-state index in [1.165, 1.54) is 0 Å². The number of phenols is 19. The molecule has 9 bridgehead atoms. The molecule has 7 aromatic rings. The normalized spacial score (nSPS) is 22.3. The van der Waals surface area contributed by atoms with Crippen LogP contribution in [0.3, 0.4) is 0 Å². The van der Waals surface area contributed by atoms with Gasteiger partial charge in [0, 0.05) is 46.5 Å². The molecule has 0 spiro atoms. The first-order valence-electron chi connectivity index (χ1n) is 28.7.